The predicted octanol–water partition coefficient (Wildman–Crippen LogP) is 7.68. The van der Waals surface area contributed by atoms with Gasteiger partial charge in [0.25, 0.3) is 0 Å². The predicted molar refractivity (Wildman–Crippen MR) is 124 cm³/mol. The third kappa shape index (κ3) is 10.7. The van der Waals surface area contributed by atoms with Crippen molar-refractivity contribution in [3.05, 3.63) is 52.0 Å². The van der Waals surface area contributed by atoms with E-state index < -0.39 is 22.2 Å². The van der Waals surface area contributed by atoms with Gasteiger partial charge in [-0.2, -0.15) is 33.2 Å². The standard InChI is InChI=1S/C18H27Cl3Si3/c1-22(2,19)10-7-16-13-17(8-11-23(3,4)20)15-18(14-16)9-12-24(5,6)21/h7-15H,1-6H3/b10-7+,11-8+,12-9+. The van der Waals surface area contributed by atoms with E-state index in [4.69, 9.17) is 33.2 Å². The summed E-state index contributed by atoms with van der Waals surface area (Å²) in [5.74, 6) is 0. The Hall–Kier alpha value is -0.0394. The van der Waals surface area contributed by atoms with E-state index in [1.807, 2.05) is 0 Å². The highest BCUT2D eigenvalue weighted by molar-refractivity contribution is 7.22. The van der Waals surface area contributed by atoms with Gasteiger partial charge in [0.05, 0.1) is 0 Å². The van der Waals surface area contributed by atoms with Crippen LogP contribution in [0.25, 0.3) is 18.2 Å². The van der Waals surface area contributed by atoms with E-state index in [2.05, 4.69) is 92.8 Å². The Kier molecular flexibility index (Phi) is 7.85. The maximum atomic E-state index is 6.40. The summed E-state index contributed by atoms with van der Waals surface area (Å²) in [6.45, 7) is 12.7. The molecule has 0 saturated carbocycles. The van der Waals surface area contributed by atoms with E-state index >= 15 is 0 Å². The van der Waals surface area contributed by atoms with Crippen LogP contribution in [-0.4, -0.2) is 22.2 Å². The molecule has 1 rings (SSSR count). The average Bonchev–Trinajstić information content (AvgIpc) is 2.38. The lowest BCUT2D eigenvalue weighted by molar-refractivity contribution is 1.58. The van der Waals surface area contributed by atoms with Gasteiger partial charge in [0.15, 0.2) is 22.2 Å². The molecule has 0 fully saturated rings. The molecule has 6 heteroatoms. The molecule has 0 saturated heterocycles. The van der Waals surface area contributed by atoms with Crippen LogP contribution in [0.5, 0.6) is 0 Å². The second-order valence-corrected chi connectivity index (χ2v) is 26.8. The second kappa shape index (κ2) is 8.56. The van der Waals surface area contributed by atoms with Crippen LogP contribution in [0.2, 0.25) is 39.3 Å². The number of hydrogen-bond donors (Lipinski definition) is 0. The zero-order chi connectivity index (χ0) is 18.6. The Labute approximate surface area is 164 Å². The van der Waals surface area contributed by atoms with Crippen LogP contribution >= 0.6 is 33.2 Å². The van der Waals surface area contributed by atoms with Crippen molar-refractivity contribution < 1.29 is 0 Å². The Balaban J connectivity index is 3.26. The van der Waals surface area contributed by atoms with E-state index in [0.29, 0.717) is 0 Å². The smallest absolute Gasteiger partial charge is 0.162 e. The number of halogens is 3. The SMILES string of the molecule is C[Si](C)(Cl)/C=C/c1cc(/C=C/[Si](C)(C)Cl)cc(/C=C/[Si](C)(C)Cl)c1. The van der Waals surface area contributed by atoms with Gasteiger partial charge in [-0.3, -0.25) is 0 Å². The van der Waals surface area contributed by atoms with Crippen molar-refractivity contribution in [2.75, 3.05) is 0 Å². The van der Waals surface area contributed by atoms with E-state index in [1.54, 1.807) is 0 Å². The summed E-state index contributed by atoms with van der Waals surface area (Å²) in [6, 6.07) is 6.50. The highest BCUT2D eigenvalue weighted by Gasteiger charge is 2.13. The van der Waals surface area contributed by atoms with Crippen molar-refractivity contribution in [3.8, 4) is 0 Å². The molecule has 132 valence electrons. The number of benzene rings is 1. The molecule has 0 unspecified atom stereocenters. The normalized spacial score (nSPS) is 14.4. The van der Waals surface area contributed by atoms with Gasteiger partial charge in [-0.15, -0.1) is 0 Å². The quantitative estimate of drug-likeness (QED) is 0.319. The molecule has 0 amide bonds. The first kappa shape index (κ1) is 22.0. The monoisotopic (exact) mass is 432 g/mol. The van der Waals surface area contributed by atoms with Gasteiger partial charge in [0.2, 0.25) is 0 Å². The zero-order valence-electron chi connectivity index (χ0n) is 15.3. The molecule has 0 radical (unpaired) electrons. The van der Waals surface area contributed by atoms with Crippen molar-refractivity contribution in [1.29, 1.82) is 0 Å². The molecule has 1 aromatic carbocycles. The lowest BCUT2D eigenvalue weighted by Gasteiger charge is -2.09. The van der Waals surface area contributed by atoms with E-state index in [-0.39, 0.29) is 0 Å². The minimum absolute atomic E-state index is 1.15. The molecule has 0 nitrogen and oxygen atoms in total. The van der Waals surface area contributed by atoms with Crippen LogP contribution in [0, 0.1) is 0 Å². The number of hydrogen-bond acceptors (Lipinski definition) is 0. The van der Waals surface area contributed by atoms with Gasteiger partial charge in [0, 0.05) is 0 Å². The summed E-state index contributed by atoms with van der Waals surface area (Å²) >= 11 is 19.2. The van der Waals surface area contributed by atoms with Gasteiger partial charge < -0.3 is 0 Å². The first-order valence-corrected chi connectivity index (χ1v) is 20.3. The van der Waals surface area contributed by atoms with Crippen LogP contribution < -0.4 is 0 Å². The van der Waals surface area contributed by atoms with E-state index in [9.17, 15) is 0 Å². The van der Waals surface area contributed by atoms with Crippen LogP contribution in [0.1, 0.15) is 16.7 Å². The van der Waals surface area contributed by atoms with Crippen LogP contribution in [-0.2, 0) is 0 Å². The summed E-state index contributed by atoms with van der Waals surface area (Å²) in [5.41, 5.74) is 9.89. The molecule has 0 heterocycles. The fraction of sp³-hybridized carbons (Fsp3) is 0.333. The van der Waals surface area contributed by atoms with Crippen molar-refractivity contribution in [2.45, 2.75) is 39.3 Å². The van der Waals surface area contributed by atoms with Crippen molar-refractivity contribution >= 4 is 73.6 Å². The Morgan fingerprint density at radius 3 is 0.917 bits per heavy atom. The van der Waals surface area contributed by atoms with Crippen molar-refractivity contribution in [3.63, 3.8) is 0 Å². The molecule has 0 aromatic heterocycles. The summed E-state index contributed by atoms with van der Waals surface area (Å²) in [5, 5.41) is 0. The van der Waals surface area contributed by atoms with Gasteiger partial charge >= 0.3 is 0 Å². The van der Waals surface area contributed by atoms with Crippen molar-refractivity contribution in [2.24, 2.45) is 0 Å². The molecule has 0 N–H and O–H groups in total. The van der Waals surface area contributed by atoms with Gasteiger partial charge in [-0.25, -0.2) is 0 Å². The molecular formula is C18H27Cl3Si3. The summed E-state index contributed by atoms with van der Waals surface area (Å²) in [4.78, 5) is 0. The second-order valence-electron chi connectivity index (χ2n) is 7.63. The minimum atomic E-state index is -1.74. The minimum Gasteiger partial charge on any atom is -0.162 e. The molecule has 0 aliphatic rings. The molecule has 1 aromatic rings. The highest BCUT2D eigenvalue weighted by atomic mass is 35.6. The lowest BCUT2D eigenvalue weighted by Crippen LogP contribution is -2.11. The summed E-state index contributed by atoms with van der Waals surface area (Å²) < 4.78 is 0. The Bertz CT molecular complexity index is 540. The molecule has 0 aliphatic carbocycles. The number of rotatable bonds is 6. The maximum Gasteiger partial charge on any atom is 0.173 e. The molecule has 0 bridgehead atoms. The third-order valence-corrected chi connectivity index (χ3v) is 7.03. The first-order valence-electron chi connectivity index (χ1n) is 8.03. The zero-order valence-corrected chi connectivity index (χ0v) is 20.6. The van der Waals surface area contributed by atoms with Crippen molar-refractivity contribution in [1.82, 2.24) is 0 Å². The van der Waals surface area contributed by atoms with Crippen LogP contribution in [0.3, 0.4) is 0 Å². The average molecular weight is 434 g/mol. The van der Waals surface area contributed by atoms with E-state index in [1.165, 1.54) is 0 Å². The Morgan fingerprint density at radius 2 is 0.750 bits per heavy atom. The fourth-order valence-corrected chi connectivity index (χ4v) is 4.21. The third-order valence-electron chi connectivity index (χ3n) is 3.02. The Morgan fingerprint density at radius 1 is 0.542 bits per heavy atom. The van der Waals surface area contributed by atoms with Gasteiger partial charge in [-0.1, -0.05) is 74.6 Å². The molecule has 24 heavy (non-hydrogen) atoms. The largest absolute Gasteiger partial charge is 0.173 e. The van der Waals surface area contributed by atoms with Crippen LogP contribution in [0.15, 0.2) is 35.3 Å². The highest BCUT2D eigenvalue weighted by Crippen LogP contribution is 2.20. The topological polar surface area (TPSA) is 0 Å². The summed E-state index contributed by atoms with van der Waals surface area (Å²) in [7, 11) is -5.23. The molecule has 0 spiro atoms. The summed E-state index contributed by atoms with van der Waals surface area (Å²) in [6.07, 6.45) is 6.38. The van der Waals surface area contributed by atoms with Crippen LogP contribution in [0.4, 0.5) is 0 Å². The molecular weight excluding hydrogens is 407 g/mol. The lowest BCUT2D eigenvalue weighted by atomic mass is 10.1. The molecule has 0 aliphatic heterocycles. The first-order chi connectivity index (χ1) is 10.7. The molecule has 0 atom stereocenters. The fourth-order valence-electron chi connectivity index (χ4n) is 1.87. The van der Waals surface area contributed by atoms with E-state index in [0.717, 1.165) is 16.7 Å². The van der Waals surface area contributed by atoms with Gasteiger partial charge in [-0.05, 0) is 34.9 Å². The maximum absolute atomic E-state index is 6.40. The van der Waals surface area contributed by atoms with Gasteiger partial charge in [0.1, 0.15) is 0 Å².